The molecule has 1 fully saturated rings. The number of carbonyl (C=O) groups is 4. The maximum Gasteiger partial charge on any atom is 0.140 e. The highest BCUT2D eigenvalue weighted by Crippen LogP contribution is 2.15. The number of hydrogen-bond acceptors (Lipinski definition) is 8. The topological polar surface area (TPSA) is 169 Å². The van der Waals surface area contributed by atoms with Crippen LogP contribution < -0.4 is 30.2 Å². The van der Waals surface area contributed by atoms with Gasteiger partial charge in [0.25, 0.3) is 0 Å². The van der Waals surface area contributed by atoms with Gasteiger partial charge in [0.1, 0.15) is 38.3 Å². The first-order valence-electron chi connectivity index (χ1n) is 7.69. The Labute approximate surface area is 138 Å². The van der Waals surface area contributed by atoms with Gasteiger partial charge in [0.05, 0.1) is 23.9 Å². The number of carbonyl (C=O) groups excluding carboxylic acids is 4. The van der Waals surface area contributed by atoms with E-state index in [0.717, 1.165) is 0 Å². The third-order valence-corrected chi connectivity index (χ3v) is 4.30. The van der Waals surface area contributed by atoms with Gasteiger partial charge in [-0.3, -0.25) is 0 Å². The number of quaternary nitrogens is 2. The molecule has 2 unspecified atom stereocenters. The minimum Gasteiger partial charge on any atom is -0.544 e. The lowest BCUT2D eigenvalue weighted by atomic mass is 9.87. The van der Waals surface area contributed by atoms with Crippen molar-refractivity contribution in [2.75, 3.05) is 26.2 Å². The second-order valence-corrected chi connectivity index (χ2v) is 6.01. The zero-order chi connectivity index (χ0) is 18.3. The van der Waals surface area contributed by atoms with E-state index in [1.165, 1.54) is 0 Å². The number of aliphatic carboxylic acids is 4. The molecular formula is C14H20N2O8-2. The summed E-state index contributed by atoms with van der Waals surface area (Å²) in [4.78, 5) is 43.9. The molecule has 0 amide bonds. The first-order valence-corrected chi connectivity index (χ1v) is 7.69. The average molecular weight is 344 g/mol. The Morgan fingerprint density at radius 1 is 0.625 bits per heavy atom. The Morgan fingerprint density at radius 2 is 0.875 bits per heavy atom. The van der Waals surface area contributed by atoms with Gasteiger partial charge in [-0.25, -0.2) is 0 Å². The van der Waals surface area contributed by atoms with Crippen LogP contribution in [0, 0.1) is 0 Å². The summed E-state index contributed by atoms with van der Waals surface area (Å²) in [5.74, 6) is -5.79. The highest BCUT2D eigenvalue weighted by atomic mass is 16.4. The Balaban J connectivity index is 3.03. The lowest BCUT2D eigenvalue weighted by Gasteiger charge is -2.40. The highest BCUT2D eigenvalue weighted by molar-refractivity contribution is 5.68. The fourth-order valence-corrected chi connectivity index (χ4v) is 3.50. The predicted molar refractivity (Wildman–Crippen MR) is 67.5 cm³/mol. The summed E-state index contributed by atoms with van der Waals surface area (Å²) < 4.78 is 0. The fourth-order valence-electron chi connectivity index (χ4n) is 3.50. The van der Waals surface area contributed by atoms with Crippen LogP contribution in [0.25, 0.3) is 0 Å². The number of nitrogens with one attached hydrogen (secondary N) is 2. The second-order valence-electron chi connectivity index (χ2n) is 6.01. The molecular weight excluding hydrogens is 324 g/mol. The Bertz CT molecular complexity index is 419. The van der Waals surface area contributed by atoms with Crippen LogP contribution in [-0.2, 0) is 19.2 Å². The molecule has 0 saturated heterocycles. The van der Waals surface area contributed by atoms with Gasteiger partial charge in [-0.2, -0.15) is 0 Å². The van der Waals surface area contributed by atoms with Gasteiger partial charge in [-0.15, -0.1) is 0 Å². The molecule has 0 radical (unpaired) electrons. The van der Waals surface area contributed by atoms with E-state index in [9.17, 15) is 39.6 Å². The maximum absolute atomic E-state index is 10.9. The molecule has 0 aliphatic heterocycles. The lowest BCUT2D eigenvalue weighted by molar-refractivity contribution is -0.986. The molecule has 10 nitrogen and oxygen atoms in total. The van der Waals surface area contributed by atoms with E-state index in [1.54, 1.807) is 0 Å². The molecule has 0 aromatic carbocycles. The SMILES string of the molecule is O=C([O-])C[NH+](CC(=O)[O-])C1CCCCC1[NH+](CC(=O)[O-])CC(=O)[O-]. The Morgan fingerprint density at radius 3 is 1.08 bits per heavy atom. The molecule has 1 rings (SSSR count). The van der Waals surface area contributed by atoms with Crippen molar-refractivity contribution < 1.29 is 49.4 Å². The normalized spacial score (nSPS) is 20.9. The van der Waals surface area contributed by atoms with E-state index in [4.69, 9.17) is 0 Å². The van der Waals surface area contributed by atoms with Crippen molar-refractivity contribution in [1.82, 2.24) is 0 Å². The van der Waals surface area contributed by atoms with Crippen LogP contribution in [0.15, 0.2) is 0 Å². The van der Waals surface area contributed by atoms with E-state index < -0.39 is 62.1 Å². The van der Waals surface area contributed by atoms with E-state index in [-0.39, 0.29) is 9.80 Å². The van der Waals surface area contributed by atoms with Crippen LogP contribution in [0.5, 0.6) is 0 Å². The molecule has 2 N–H and O–H groups in total. The van der Waals surface area contributed by atoms with Gasteiger partial charge in [-0.1, -0.05) is 0 Å². The second kappa shape index (κ2) is 9.18. The summed E-state index contributed by atoms with van der Waals surface area (Å²) >= 11 is 0. The van der Waals surface area contributed by atoms with Crippen LogP contribution in [0.2, 0.25) is 0 Å². The molecule has 0 spiro atoms. The van der Waals surface area contributed by atoms with E-state index in [0.29, 0.717) is 25.7 Å². The van der Waals surface area contributed by atoms with Gasteiger partial charge in [-0.05, 0) is 12.8 Å². The Kier molecular flexibility index (Phi) is 7.59. The minimum atomic E-state index is -1.45. The lowest BCUT2D eigenvalue weighted by Crippen LogP contribution is -3.28. The molecule has 1 saturated carbocycles. The van der Waals surface area contributed by atoms with E-state index in [2.05, 4.69) is 0 Å². The summed E-state index contributed by atoms with van der Waals surface area (Å²) in [6.07, 6.45) is 2.30. The van der Waals surface area contributed by atoms with Crippen molar-refractivity contribution in [2.24, 2.45) is 0 Å². The quantitative estimate of drug-likeness (QED) is 0.393. The number of rotatable bonds is 10. The van der Waals surface area contributed by atoms with Crippen LogP contribution in [0.3, 0.4) is 0 Å². The molecule has 0 bridgehead atoms. The van der Waals surface area contributed by atoms with Crippen molar-refractivity contribution in [3.05, 3.63) is 0 Å². The van der Waals surface area contributed by atoms with Crippen molar-refractivity contribution in [2.45, 2.75) is 37.8 Å². The third-order valence-electron chi connectivity index (χ3n) is 4.30. The molecule has 0 heterocycles. The summed E-state index contributed by atoms with van der Waals surface area (Å²) in [5.41, 5.74) is 0. The van der Waals surface area contributed by atoms with Crippen molar-refractivity contribution in [3.63, 3.8) is 0 Å². The standard InChI is InChI=1S/C14H22N2O8/c17-11(18)5-15(6-12(19)20)9-3-1-2-4-10(9)16(7-13(21)22)8-14(23)24/h9-10H,1-8H2,(H,17,18)(H,19,20)(H,21,22)(H,23,24)/p-2. The summed E-state index contributed by atoms with van der Waals surface area (Å²) in [7, 11) is 0. The summed E-state index contributed by atoms with van der Waals surface area (Å²) in [5, 5.41) is 43.6. The van der Waals surface area contributed by atoms with Gasteiger partial charge in [0, 0.05) is 12.8 Å². The largest absolute Gasteiger partial charge is 0.544 e. The van der Waals surface area contributed by atoms with Gasteiger partial charge >= 0.3 is 0 Å². The molecule has 10 heteroatoms. The Hall–Kier alpha value is -2.20. The molecule has 1 aliphatic rings. The van der Waals surface area contributed by atoms with Gasteiger partial charge in [0.15, 0.2) is 0 Å². The maximum atomic E-state index is 10.9. The monoisotopic (exact) mass is 344 g/mol. The van der Waals surface area contributed by atoms with Crippen LogP contribution in [0.1, 0.15) is 25.7 Å². The first-order chi connectivity index (χ1) is 11.2. The molecule has 0 aromatic heterocycles. The third kappa shape index (κ3) is 6.50. The smallest absolute Gasteiger partial charge is 0.140 e. The summed E-state index contributed by atoms with van der Waals surface area (Å²) in [6.45, 7) is -2.34. The zero-order valence-corrected chi connectivity index (χ0v) is 13.1. The van der Waals surface area contributed by atoms with Crippen LogP contribution in [-0.4, -0.2) is 62.1 Å². The average Bonchev–Trinajstić information content (AvgIpc) is 2.44. The fraction of sp³-hybridized carbons (Fsp3) is 0.714. The predicted octanol–water partition coefficient (Wildman–Crippen LogP) is -8.93. The molecule has 1 aliphatic carbocycles. The van der Waals surface area contributed by atoms with Gasteiger partial charge in [0.2, 0.25) is 0 Å². The first kappa shape index (κ1) is 19.8. The number of carboxylic acid groups (broad SMARTS) is 4. The van der Waals surface area contributed by atoms with Crippen LogP contribution in [0.4, 0.5) is 0 Å². The van der Waals surface area contributed by atoms with Gasteiger partial charge < -0.3 is 49.4 Å². The number of carboxylic acids is 4. The molecule has 136 valence electrons. The summed E-state index contributed by atoms with van der Waals surface area (Å²) in [6, 6.07) is -1.08. The zero-order valence-electron chi connectivity index (χ0n) is 13.1. The van der Waals surface area contributed by atoms with Crippen LogP contribution >= 0.6 is 0 Å². The highest BCUT2D eigenvalue weighted by Gasteiger charge is 2.40. The van der Waals surface area contributed by atoms with Crippen molar-refractivity contribution in [1.29, 1.82) is 0 Å². The van der Waals surface area contributed by atoms with Crippen molar-refractivity contribution >= 4 is 23.9 Å². The number of hydrogen-bond donors (Lipinski definition) is 2. The van der Waals surface area contributed by atoms with E-state index in [1.807, 2.05) is 0 Å². The molecule has 2 atom stereocenters. The molecule has 0 aromatic rings. The molecule has 24 heavy (non-hydrogen) atoms. The van der Waals surface area contributed by atoms with Crippen molar-refractivity contribution in [3.8, 4) is 0 Å². The minimum absolute atomic E-state index is 0.161. The van der Waals surface area contributed by atoms with E-state index >= 15 is 0 Å².